The molecule has 0 amide bonds. The molecule has 0 saturated carbocycles. The summed E-state index contributed by atoms with van der Waals surface area (Å²) in [7, 11) is 0. The van der Waals surface area contributed by atoms with Crippen molar-refractivity contribution in [2.24, 2.45) is 0 Å². The van der Waals surface area contributed by atoms with Crippen molar-refractivity contribution in [3.8, 4) is 11.4 Å². The maximum atomic E-state index is 11.5. The third-order valence-electron chi connectivity index (χ3n) is 3.37. The molecule has 112 valence electrons. The van der Waals surface area contributed by atoms with Gasteiger partial charge in [0.2, 0.25) is 0 Å². The number of rotatable bonds is 5. The van der Waals surface area contributed by atoms with E-state index >= 15 is 0 Å². The lowest BCUT2D eigenvalue weighted by molar-refractivity contribution is 0.101. The average Bonchev–Trinajstić information content (AvgIpc) is 2.97. The number of ketones is 1. The minimum Gasteiger partial charge on any atom is -0.368 e. The van der Waals surface area contributed by atoms with Crippen molar-refractivity contribution in [3.63, 3.8) is 0 Å². The first-order valence-electron chi connectivity index (χ1n) is 7.25. The first-order chi connectivity index (χ1) is 10.7. The number of hydrogen-bond donors (Lipinski definition) is 2. The van der Waals surface area contributed by atoms with Gasteiger partial charge in [-0.15, -0.1) is 0 Å². The zero-order valence-corrected chi connectivity index (χ0v) is 12.6. The molecule has 2 aromatic heterocycles. The largest absolute Gasteiger partial charge is 0.368 e. The highest BCUT2D eigenvalue weighted by molar-refractivity contribution is 5.95. The monoisotopic (exact) mass is 295 g/mol. The first kappa shape index (κ1) is 14.2. The summed E-state index contributed by atoms with van der Waals surface area (Å²) in [6, 6.07) is 7.38. The highest BCUT2D eigenvalue weighted by Crippen LogP contribution is 2.23. The zero-order valence-electron chi connectivity index (χ0n) is 12.6. The molecule has 0 unspecified atom stereocenters. The number of aromatic amines is 1. The van der Waals surface area contributed by atoms with Gasteiger partial charge in [-0.3, -0.25) is 4.79 Å². The molecular formula is C16H17N5O. The van der Waals surface area contributed by atoms with Gasteiger partial charge in [0.15, 0.2) is 17.2 Å². The van der Waals surface area contributed by atoms with Crippen LogP contribution in [0.5, 0.6) is 0 Å². The van der Waals surface area contributed by atoms with E-state index in [9.17, 15) is 4.79 Å². The summed E-state index contributed by atoms with van der Waals surface area (Å²) < 4.78 is 0. The molecule has 0 aliphatic carbocycles. The summed E-state index contributed by atoms with van der Waals surface area (Å²) in [6.07, 6.45) is 2.50. The molecule has 6 heteroatoms. The SMILES string of the molecule is CCCNc1ncnc2nc(-c3cccc(C(C)=O)c3)[nH]c12. The van der Waals surface area contributed by atoms with Gasteiger partial charge < -0.3 is 10.3 Å². The fourth-order valence-electron chi connectivity index (χ4n) is 2.23. The number of H-pyrrole nitrogens is 1. The fraction of sp³-hybridized carbons (Fsp3) is 0.250. The molecule has 0 aliphatic rings. The second kappa shape index (κ2) is 5.93. The standard InChI is InChI=1S/C16H17N5O/c1-3-7-17-15-13-16(19-9-18-15)21-14(20-13)12-6-4-5-11(8-12)10(2)22/h4-6,8-9H,3,7H2,1-2H3,(H2,17,18,19,20,21). The Morgan fingerprint density at radius 1 is 1.32 bits per heavy atom. The fourth-order valence-corrected chi connectivity index (χ4v) is 2.23. The molecule has 3 aromatic rings. The molecule has 0 fully saturated rings. The number of anilines is 1. The van der Waals surface area contributed by atoms with Crippen molar-refractivity contribution in [1.29, 1.82) is 0 Å². The van der Waals surface area contributed by atoms with Crippen LogP contribution in [-0.4, -0.2) is 32.3 Å². The van der Waals surface area contributed by atoms with E-state index in [1.807, 2.05) is 18.2 Å². The van der Waals surface area contributed by atoms with Gasteiger partial charge in [0.25, 0.3) is 0 Å². The summed E-state index contributed by atoms with van der Waals surface area (Å²) in [5, 5.41) is 3.26. The Kier molecular flexibility index (Phi) is 3.82. The lowest BCUT2D eigenvalue weighted by Crippen LogP contribution is -2.02. The van der Waals surface area contributed by atoms with Gasteiger partial charge in [-0.2, -0.15) is 0 Å². The smallest absolute Gasteiger partial charge is 0.183 e. The molecule has 1 aromatic carbocycles. The van der Waals surface area contributed by atoms with Crippen LogP contribution in [0.4, 0.5) is 5.82 Å². The Morgan fingerprint density at radius 3 is 2.95 bits per heavy atom. The number of aromatic nitrogens is 4. The Balaban J connectivity index is 2.05. The summed E-state index contributed by atoms with van der Waals surface area (Å²) >= 11 is 0. The summed E-state index contributed by atoms with van der Waals surface area (Å²) in [5.41, 5.74) is 2.90. The molecule has 0 saturated heterocycles. The van der Waals surface area contributed by atoms with Crippen molar-refractivity contribution in [2.75, 3.05) is 11.9 Å². The normalized spacial score (nSPS) is 10.8. The van der Waals surface area contributed by atoms with Crippen LogP contribution in [0, 0.1) is 0 Å². The third-order valence-corrected chi connectivity index (χ3v) is 3.37. The van der Waals surface area contributed by atoms with Gasteiger partial charge in [-0.25, -0.2) is 15.0 Å². The van der Waals surface area contributed by atoms with Gasteiger partial charge in [0.1, 0.15) is 17.7 Å². The van der Waals surface area contributed by atoms with Crippen molar-refractivity contribution in [1.82, 2.24) is 19.9 Å². The third kappa shape index (κ3) is 2.67. The maximum absolute atomic E-state index is 11.5. The molecular weight excluding hydrogens is 278 g/mol. The van der Waals surface area contributed by atoms with Gasteiger partial charge in [-0.05, 0) is 19.4 Å². The molecule has 0 bridgehead atoms. The van der Waals surface area contributed by atoms with E-state index in [0.717, 1.165) is 29.9 Å². The van der Waals surface area contributed by atoms with Crippen LogP contribution in [0.3, 0.4) is 0 Å². The quantitative estimate of drug-likeness (QED) is 0.707. The molecule has 0 radical (unpaired) electrons. The van der Waals surface area contributed by atoms with E-state index in [-0.39, 0.29) is 5.78 Å². The topological polar surface area (TPSA) is 83.6 Å². The minimum atomic E-state index is 0.0306. The lowest BCUT2D eigenvalue weighted by atomic mass is 10.1. The van der Waals surface area contributed by atoms with Crippen LogP contribution >= 0.6 is 0 Å². The lowest BCUT2D eigenvalue weighted by Gasteiger charge is -2.03. The number of carbonyl (C=O) groups excluding carboxylic acids is 1. The van der Waals surface area contributed by atoms with Crippen molar-refractivity contribution in [2.45, 2.75) is 20.3 Å². The van der Waals surface area contributed by atoms with Crippen molar-refractivity contribution in [3.05, 3.63) is 36.2 Å². The van der Waals surface area contributed by atoms with Gasteiger partial charge in [0.05, 0.1) is 0 Å². The van der Waals surface area contributed by atoms with E-state index in [1.165, 1.54) is 6.33 Å². The van der Waals surface area contributed by atoms with Crippen LogP contribution in [0.2, 0.25) is 0 Å². The Labute approximate surface area is 128 Å². The minimum absolute atomic E-state index is 0.0306. The summed E-state index contributed by atoms with van der Waals surface area (Å²) in [6.45, 7) is 4.48. The average molecular weight is 295 g/mol. The van der Waals surface area contributed by atoms with Gasteiger partial charge >= 0.3 is 0 Å². The summed E-state index contributed by atoms with van der Waals surface area (Å²) in [5.74, 6) is 1.45. The maximum Gasteiger partial charge on any atom is 0.183 e. The molecule has 0 aliphatic heterocycles. The van der Waals surface area contributed by atoms with Crippen LogP contribution in [0.25, 0.3) is 22.6 Å². The number of fused-ring (bicyclic) bond motifs is 1. The number of imidazole rings is 1. The first-order valence-corrected chi connectivity index (χ1v) is 7.25. The van der Waals surface area contributed by atoms with Crippen LogP contribution < -0.4 is 5.32 Å². The Hall–Kier alpha value is -2.76. The van der Waals surface area contributed by atoms with Crippen molar-refractivity contribution >= 4 is 22.8 Å². The number of hydrogen-bond acceptors (Lipinski definition) is 5. The zero-order chi connectivity index (χ0) is 15.5. The van der Waals surface area contributed by atoms with E-state index in [0.29, 0.717) is 17.0 Å². The number of nitrogens with zero attached hydrogens (tertiary/aromatic N) is 3. The highest BCUT2D eigenvalue weighted by Gasteiger charge is 2.11. The van der Waals surface area contributed by atoms with Crippen molar-refractivity contribution < 1.29 is 4.79 Å². The van der Waals surface area contributed by atoms with Crippen LogP contribution in [0.1, 0.15) is 30.6 Å². The number of carbonyl (C=O) groups is 1. The number of Topliss-reactive ketones (excluding diaryl/α,β-unsaturated/α-hetero) is 1. The number of benzene rings is 1. The molecule has 2 N–H and O–H groups in total. The molecule has 22 heavy (non-hydrogen) atoms. The second-order valence-corrected chi connectivity index (χ2v) is 5.07. The van der Waals surface area contributed by atoms with E-state index in [2.05, 4.69) is 32.2 Å². The Bertz CT molecular complexity index is 824. The highest BCUT2D eigenvalue weighted by atomic mass is 16.1. The van der Waals surface area contributed by atoms with Crippen LogP contribution in [0.15, 0.2) is 30.6 Å². The predicted octanol–water partition coefficient (Wildman–Crippen LogP) is 3.04. The van der Waals surface area contributed by atoms with E-state index in [4.69, 9.17) is 0 Å². The van der Waals surface area contributed by atoms with Gasteiger partial charge in [-0.1, -0.05) is 25.1 Å². The molecule has 2 heterocycles. The molecule has 3 rings (SSSR count). The predicted molar refractivity (Wildman–Crippen MR) is 85.9 cm³/mol. The molecule has 0 spiro atoms. The van der Waals surface area contributed by atoms with Crippen LogP contribution in [-0.2, 0) is 0 Å². The molecule has 0 atom stereocenters. The Morgan fingerprint density at radius 2 is 2.18 bits per heavy atom. The second-order valence-electron chi connectivity index (χ2n) is 5.07. The van der Waals surface area contributed by atoms with E-state index < -0.39 is 0 Å². The van der Waals surface area contributed by atoms with Gasteiger partial charge in [0, 0.05) is 17.7 Å². The molecule has 6 nitrogen and oxygen atoms in total. The summed E-state index contributed by atoms with van der Waals surface area (Å²) in [4.78, 5) is 27.7. The number of nitrogens with one attached hydrogen (secondary N) is 2. The van der Waals surface area contributed by atoms with E-state index in [1.54, 1.807) is 13.0 Å².